The van der Waals surface area contributed by atoms with Crippen molar-refractivity contribution in [2.24, 2.45) is 5.92 Å². The van der Waals surface area contributed by atoms with E-state index >= 15 is 0 Å². The van der Waals surface area contributed by atoms with Crippen molar-refractivity contribution in [2.75, 3.05) is 6.61 Å². The van der Waals surface area contributed by atoms with Crippen LogP contribution in [-0.2, 0) is 9.59 Å². The lowest BCUT2D eigenvalue weighted by molar-refractivity contribution is -0.136. The molecule has 24 heavy (non-hydrogen) atoms. The molecule has 2 amide bonds. The molecule has 0 aliphatic carbocycles. The fourth-order valence-corrected chi connectivity index (χ4v) is 3.18. The van der Waals surface area contributed by atoms with Crippen LogP contribution in [0.15, 0.2) is 12.3 Å². The van der Waals surface area contributed by atoms with Gasteiger partial charge in [0.2, 0.25) is 11.8 Å². The minimum Gasteiger partial charge on any atom is -0.396 e. The van der Waals surface area contributed by atoms with Gasteiger partial charge in [-0.1, -0.05) is 70.8 Å². The van der Waals surface area contributed by atoms with Crippen LogP contribution in [0.5, 0.6) is 0 Å². The van der Waals surface area contributed by atoms with E-state index in [9.17, 15) is 9.59 Å². The fourth-order valence-electron chi connectivity index (χ4n) is 3.18. The Bertz CT molecular complexity index is 392. The zero-order chi connectivity index (χ0) is 17.6. The van der Waals surface area contributed by atoms with Gasteiger partial charge in [-0.3, -0.25) is 14.5 Å². The molecule has 1 fully saturated rings. The molecule has 1 N–H and O–H groups in total. The number of rotatable bonds is 14. The summed E-state index contributed by atoms with van der Waals surface area (Å²) in [6.45, 7) is 2.21. The number of aliphatic hydroxyl groups excluding tert-OH is 1. The Labute approximate surface area is 147 Å². The average Bonchev–Trinajstić information content (AvgIpc) is 2.83. The molecule has 0 aromatic heterocycles. The number of hydrogen-bond donors (Lipinski definition) is 1. The lowest BCUT2D eigenvalue weighted by Gasteiger charge is -2.08. The predicted octanol–water partition coefficient (Wildman–Crippen LogP) is 4.57. The van der Waals surface area contributed by atoms with E-state index in [1.807, 2.05) is 6.08 Å². The molecule has 0 radical (unpaired) electrons. The van der Waals surface area contributed by atoms with Gasteiger partial charge < -0.3 is 5.11 Å². The van der Waals surface area contributed by atoms with Crippen LogP contribution in [-0.4, -0.2) is 28.4 Å². The molecule has 1 aliphatic rings. The second-order valence-corrected chi connectivity index (χ2v) is 6.87. The Kier molecular flexibility index (Phi) is 11.5. The van der Waals surface area contributed by atoms with E-state index in [1.165, 1.54) is 62.7 Å². The molecule has 4 nitrogen and oxygen atoms in total. The summed E-state index contributed by atoms with van der Waals surface area (Å²) in [5.74, 6) is -0.629. The number of likely N-dealkylation sites (tertiary alicyclic amines) is 1. The van der Waals surface area contributed by atoms with Gasteiger partial charge in [0.05, 0.1) is 0 Å². The number of nitrogens with zero attached hydrogens (tertiary/aromatic N) is 1. The Morgan fingerprint density at radius 3 is 2.17 bits per heavy atom. The van der Waals surface area contributed by atoms with E-state index in [0.29, 0.717) is 6.42 Å². The highest BCUT2D eigenvalue weighted by atomic mass is 16.3. The molecular weight excluding hydrogens is 302 g/mol. The van der Waals surface area contributed by atoms with E-state index in [4.69, 9.17) is 5.11 Å². The molecule has 1 aliphatic heterocycles. The normalized spacial score (nSPS) is 18.2. The van der Waals surface area contributed by atoms with Gasteiger partial charge >= 0.3 is 0 Å². The van der Waals surface area contributed by atoms with E-state index in [0.717, 1.165) is 12.8 Å². The second-order valence-electron chi connectivity index (χ2n) is 6.87. The number of carbonyl (C=O) groups excluding carboxylic acids is 2. The van der Waals surface area contributed by atoms with Gasteiger partial charge in [0.1, 0.15) is 0 Å². The number of unbranched alkanes of at least 4 members (excludes halogenated alkanes) is 10. The van der Waals surface area contributed by atoms with Crippen molar-refractivity contribution >= 4 is 11.8 Å². The molecule has 138 valence electrons. The van der Waals surface area contributed by atoms with Gasteiger partial charge in [-0.25, -0.2) is 0 Å². The van der Waals surface area contributed by atoms with Crippen LogP contribution in [0.4, 0.5) is 0 Å². The summed E-state index contributed by atoms with van der Waals surface area (Å²) in [5.41, 5.74) is 0. The van der Waals surface area contributed by atoms with Crippen LogP contribution in [0.25, 0.3) is 0 Å². The molecular formula is C20H35NO3. The molecule has 0 saturated carbocycles. The zero-order valence-corrected chi connectivity index (χ0v) is 15.3. The molecule has 1 unspecified atom stereocenters. The quantitative estimate of drug-likeness (QED) is 0.373. The second kappa shape index (κ2) is 13.2. The molecule has 0 aromatic carbocycles. The maximum absolute atomic E-state index is 12.0. The number of carbonyl (C=O) groups is 2. The van der Waals surface area contributed by atoms with Crippen molar-refractivity contribution in [3.05, 3.63) is 12.3 Å². The Hall–Kier alpha value is -1.16. The third-order valence-electron chi connectivity index (χ3n) is 4.73. The molecule has 0 aromatic rings. The van der Waals surface area contributed by atoms with Crippen LogP contribution in [0.1, 0.15) is 90.4 Å². The van der Waals surface area contributed by atoms with Crippen molar-refractivity contribution in [2.45, 2.75) is 90.4 Å². The molecule has 1 rings (SSSR count). The third kappa shape index (κ3) is 8.09. The Morgan fingerprint density at radius 2 is 1.58 bits per heavy atom. The number of allylic oxidation sites excluding steroid dienone is 1. The van der Waals surface area contributed by atoms with Gasteiger partial charge in [0, 0.05) is 25.1 Å². The number of hydrogen-bond acceptors (Lipinski definition) is 3. The Balaban J connectivity index is 2.02. The molecule has 1 atom stereocenters. The smallest absolute Gasteiger partial charge is 0.236 e. The van der Waals surface area contributed by atoms with Crippen molar-refractivity contribution in [3.63, 3.8) is 0 Å². The molecule has 0 spiro atoms. The number of aliphatic hydroxyl groups is 1. The highest BCUT2D eigenvalue weighted by molar-refractivity contribution is 6.04. The van der Waals surface area contributed by atoms with Crippen LogP contribution < -0.4 is 0 Å². The minimum absolute atomic E-state index is 0.0418. The van der Waals surface area contributed by atoms with Gasteiger partial charge in [-0.05, 0) is 19.3 Å². The zero-order valence-electron chi connectivity index (χ0n) is 15.3. The van der Waals surface area contributed by atoms with Crippen molar-refractivity contribution in [1.29, 1.82) is 0 Å². The third-order valence-corrected chi connectivity index (χ3v) is 4.73. The standard InChI is InChI=1S/C20H35NO3/c1-2-3-4-5-6-7-8-9-10-11-12-13-15-21-19(23)17-18(14-16-22)20(21)24/h13,15,18,22H,2-12,14,16-17H2,1H3. The summed E-state index contributed by atoms with van der Waals surface area (Å²) in [6.07, 6.45) is 18.2. The lowest BCUT2D eigenvalue weighted by Crippen LogP contribution is -2.25. The Morgan fingerprint density at radius 1 is 1.00 bits per heavy atom. The number of amides is 2. The summed E-state index contributed by atoms with van der Waals surface area (Å²) in [7, 11) is 0. The maximum Gasteiger partial charge on any atom is 0.236 e. The van der Waals surface area contributed by atoms with Gasteiger partial charge in [0.15, 0.2) is 0 Å². The average molecular weight is 338 g/mol. The molecule has 1 heterocycles. The summed E-state index contributed by atoms with van der Waals surface area (Å²) >= 11 is 0. The first-order valence-corrected chi connectivity index (χ1v) is 9.84. The minimum atomic E-state index is -0.329. The molecule has 4 heteroatoms. The van der Waals surface area contributed by atoms with E-state index in [1.54, 1.807) is 6.20 Å². The van der Waals surface area contributed by atoms with Crippen LogP contribution in [0.2, 0.25) is 0 Å². The topological polar surface area (TPSA) is 57.6 Å². The van der Waals surface area contributed by atoms with E-state index in [-0.39, 0.29) is 30.8 Å². The van der Waals surface area contributed by atoms with E-state index in [2.05, 4.69) is 6.92 Å². The highest BCUT2D eigenvalue weighted by Crippen LogP contribution is 2.22. The first kappa shape index (κ1) is 20.9. The predicted molar refractivity (Wildman–Crippen MR) is 97.3 cm³/mol. The SMILES string of the molecule is CCCCCCCCCCCCC=CN1C(=O)CC(CCO)C1=O. The molecule has 0 bridgehead atoms. The largest absolute Gasteiger partial charge is 0.396 e. The van der Waals surface area contributed by atoms with Crippen LogP contribution in [0, 0.1) is 5.92 Å². The van der Waals surface area contributed by atoms with Gasteiger partial charge in [-0.15, -0.1) is 0 Å². The van der Waals surface area contributed by atoms with E-state index < -0.39 is 0 Å². The maximum atomic E-state index is 12.0. The lowest BCUT2D eigenvalue weighted by atomic mass is 10.1. The van der Waals surface area contributed by atoms with Gasteiger partial charge in [-0.2, -0.15) is 0 Å². The molecule has 1 saturated heterocycles. The summed E-state index contributed by atoms with van der Waals surface area (Å²) in [6, 6.07) is 0. The first-order chi connectivity index (χ1) is 11.7. The van der Waals surface area contributed by atoms with Crippen molar-refractivity contribution in [3.8, 4) is 0 Å². The monoisotopic (exact) mass is 337 g/mol. The summed E-state index contributed by atoms with van der Waals surface area (Å²) < 4.78 is 0. The summed E-state index contributed by atoms with van der Waals surface area (Å²) in [4.78, 5) is 25.0. The van der Waals surface area contributed by atoms with Crippen LogP contribution in [0.3, 0.4) is 0 Å². The van der Waals surface area contributed by atoms with Crippen molar-refractivity contribution < 1.29 is 14.7 Å². The summed E-state index contributed by atoms with van der Waals surface area (Å²) in [5, 5.41) is 8.91. The first-order valence-electron chi connectivity index (χ1n) is 9.84. The highest BCUT2D eigenvalue weighted by Gasteiger charge is 2.36. The number of imide groups is 1. The fraction of sp³-hybridized carbons (Fsp3) is 0.800. The van der Waals surface area contributed by atoms with Crippen molar-refractivity contribution in [1.82, 2.24) is 4.90 Å². The van der Waals surface area contributed by atoms with Gasteiger partial charge in [0.25, 0.3) is 0 Å². The van der Waals surface area contributed by atoms with Crippen LogP contribution >= 0.6 is 0 Å².